The van der Waals surface area contributed by atoms with Gasteiger partial charge in [0.1, 0.15) is 11.4 Å². The number of nitrogens with zero attached hydrogens (tertiary/aromatic N) is 4. The molecule has 1 aromatic carbocycles. The van der Waals surface area contributed by atoms with Crippen molar-refractivity contribution in [3.8, 4) is 5.75 Å². The number of hydrogen-bond donors (Lipinski definition) is 0. The van der Waals surface area contributed by atoms with E-state index in [9.17, 15) is 4.79 Å². The Bertz CT molecular complexity index is 939. The second-order valence-corrected chi connectivity index (χ2v) is 7.51. The van der Waals surface area contributed by atoms with Crippen molar-refractivity contribution < 1.29 is 9.53 Å². The highest BCUT2D eigenvalue weighted by Crippen LogP contribution is 2.20. The average Bonchev–Trinajstić information content (AvgIpc) is 3.22. The van der Waals surface area contributed by atoms with Crippen LogP contribution >= 0.6 is 24.8 Å². The lowest BCUT2D eigenvalue weighted by molar-refractivity contribution is 0.0202. The number of fused-ring (bicyclic) bond motifs is 1. The van der Waals surface area contributed by atoms with Crippen molar-refractivity contribution in [2.45, 2.75) is 59.1 Å². The van der Waals surface area contributed by atoms with E-state index in [0.29, 0.717) is 17.0 Å². The molecule has 2 aromatic heterocycles. The molecular formula is C24H34Cl2N4O2. The van der Waals surface area contributed by atoms with Crippen LogP contribution in [0.15, 0.2) is 48.9 Å². The molecule has 0 N–H and O–H groups in total. The van der Waals surface area contributed by atoms with Crippen LogP contribution < -0.4 is 4.74 Å². The number of aromatic nitrogens is 3. The van der Waals surface area contributed by atoms with E-state index in [-0.39, 0.29) is 36.8 Å². The molecule has 0 spiro atoms. The maximum atomic E-state index is 12.9. The summed E-state index contributed by atoms with van der Waals surface area (Å²) in [7, 11) is 0. The molecule has 176 valence electrons. The maximum absolute atomic E-state index is 12.9. The number of ether oxygens (including phenoxy) is 1. The summed E-state index contributed by atoms with van der Waals surface area (Å²) in [5, 5.41) is 0. The van der Waals surface area contributed by atoms with Gasteiger partial charge in [-0.15, -0.1) is 24.8 Å². The van der Waals surface area contributed by atoms with Gasteiger partial charge in [-0.1, -0.05) is 33.6 Å². The molecule has 0 aliphatic carbocycles. The largest absolute Gasteiger partial charge is 0.475 e. The van der Waals surface area contributed by atoms with E-state index in [2.05, 4.69) is 35.6 Å². The van der Waals surface area contributed by atoms with Crippen LogP contribution in [-0.2, 0) is 0 Å². The first-order valence-corrected chi connectivity index (χ1v) is 11.0. The number of hydrogen-bond acceptors (Lipinski definition) is 5. The van der Waals surface area contributed by atoms with E-state index in [1.165, 1.54) is 25.7 Å². The normalized spacial score (nSPS) is 11.6. The molecule has 1 unspecified atom stereocenters. The van der Waals surface area contributed by atoms with Crippen molar-refractivity contribution in [3.63, 3.8) is 0 Å². The number of rotatable bonds is 12. The molecule has 0 saturated carbocycles. The Labute approximate surface area is 203 Å². The second kappa shape index (κ2) is 14.1. The summed E-state index contributed by atoms with van der Waals surface area (Å²) < 4.78 is 8.01. The third-order valence-electron chi connectivity index (χ3n) is 5.26. The summed E-state index contributed by atoms with van der Waals surface area (Å²) >= 11 is 0. The van der Waals surface area contributed by atoms with Crippen molar-refractivity contribution in [1.29, 1.82) is 0 Å². The highest BCUT2D eigenvalue weighted by Gasteiger charge is 2.19. The van der Waals surface area contributed by atoms with E-state index in [0.717, 1.165) is 25.3 Å². The molecule has 0 amide bonds. The van der Waals surface area contributed by atoms with Gasteiger partial charge in [-0.05, 0) is 49.6 Å². The Hall–Kier alpha value is -2.15. The zero-order valence-corrected chi connectivity index (χ0v) is 20.7. The first-order chi connectivity index (χ1) is 14.7. The van der Waals surface area contributed by atoms with Gasteiger partial charge in [0, 0.05) is 31.0 Å². The van der Waals surface area contributed by atoms with Gasteiger partial charge in [0.25, 0.3) is 0 Å². The minimum Gasteiger partial charge on any atom is -0.475 e. The van der Waals surface area contributed by atoms with E-state index in [1.54, 1.807) is 29.1 Å². The standard InChI is InChI=1S/C24H32N4O2.2ClH/c1-4-7-15-27(16-8-5-2)22(6-3)30-20-12-10-19(11-13-20)23(29)21-18-26-24-25-14-9-17-28(21)24;;/h9-14,17-18,22H,4-8,15-16H2,1-3H3;2*1H. The van der Waals surface area contributed by atoms with Crippen LogP contribution in [0.5, 0.6) is 5.75 Å². The number of unbranched alkanes of at least 4 members (excludes halogenated alkanes) is 2. The quantitative estimate of drug-likeness (QED) is 0.241. The smallest absolute Gasteiger partial charge is 0.234 e. The highest BCUT2D eigenvalue weighted by molar-refractivity contribution is 6.08. The van der Waals surface area contributed by atoms with Crippen molar-refractivity contribution >= 4 is 36.4 Å². The number of halogens is 2. The molecule has 0 radical (unpaired) electrons. The molecule has 8 heteroatoms. The number of carbonyl (C=O) groups is 1. The zero-order valence-electron chi connectivity index (χ0n) is 19.1. The van der Waals surface area contributed by atoms with E-state index >= 15 is 0 Å². The van der Waals surface area contributed by atoms with Gasteiger partial charge < -0.3 is 4.74 Å². The Kier molecular flexibility index (Phi) is 12.3. The molecular weight excluding hydrogens is 447 g/mol. The summed E-state index contributed by atoms with van der Waals surface area (Å²) in [6.45, 7) is 8.69. The topological polar surface area (TPSA) is 59.7 Å². The van der Waals surface area contributed by atoms with Gasteiger partial charge in [-0.2, -0.15) is 0 Å². The van der Waals surface area contributed by atoms with Crippen LogP contribution in [0.4, 0.5) is 0 Å². The van der Waals surface area contributed by atoms with Crippen molar-refractivity contribution in [1.82, 2.24) is 19.3 Å². The summed E-state index contributed by atoms with van der Waals surface area (Å²) in [5.41, 5.74) is 1.11. The maximum Gasteiger partial charge on any atom is 0.234 e. The Balaban J connectivity index is 0.00000256. The molecule has 0 aliphatic rings. The zero-order chi connectivity index (χ0) is 21.3. The van der Waals surface area contributed by atoms with Gasteiger partial charge in [-0.25, -0.2) is 9.97 Å². The summed E-state index contributed by atoms with van der Waals surface area (Å²) in [5.74, 6) is 1.23. The third kappa shape index (κ3) is 6.92. The van der Waals surface area contributed by atoms with Crippen LogP contribution in [0.1, 0.15) is 68.9 Å². The van der Waals surface area contributed by atoms with E-state index in [4.69, 9.17) is 4.74 Å². The Morgan fingerprint density at radius 1 is 1.03 bits per heavy atom. The average molecular weight is 481 g/mol. The van der Waals surface area contributed by atoms with Crippen LogP contribution in [0.25, 0.3) is 5.78 Å². The van der Waals surface area contributed by atoms with Crippen LogP contribution in [0, 0.1) is 0 Å². The van der Waals surface area contributed by atoms with Gasteiger partial charge >= 0.3 is 0 Å². The van der Waals surface area contributed by atoms with Gasteiger partial charge in [-0.3, -0.25) is 14.1 Å². The fraction of sp³-hybridized carbons (Fsp3) is 0.458. The van der Waals surface area contributed by atoms with E-state index < -0.39 is 0 Å². The van der Waals surface area contributed by atoms with Crippen LogP contribution in [0.2, 0.25) is 0 Å². The summed E-state index contributed by atoms with van der Waals surface area (Å²) in [6.07, 6.45) is 10.7. The molecule has 2 heterocycles. The van der Waals surface area contributed by atoms with Crippen molar-refractivity contribution in [2.24, 2.45) is 0 Å². The predicted octanol–water partition coefficient (Wildman–Crippen LogP) is 5.82. The van der Waals surface area contributed by atoms with Gasteiger partial charge in [0.2, 0.25) is 11.6 Å². The first-order valence-electron chi connectivity index (χ1n) is 11.0. The monoisotopic (exact) mass is 480 g/mol. The minimum atomic E-state index is -0.0818. The van der Waals surface area contributed by atoms with E-state index in [1.807, 2.05) is 24.3 Å². The number of imidazole rings is 1. The number of carbonyl (C=O) groups excluding carboxylic acids is 1. The number of ketones is 1. The minimum absolute atomic E-state index is 0. The molecule has 6 nitrogen and oxygen atoms in total. The predicted molar refractivity (Wildman–Crippen MR) is 133 cm³/mol. The second-order valence-electron chi connectivity index (χ2n) is 7.51. The highest BCUT2D eigenvalue weighted by atomic mass is 35.5. The fourth-order valence-corrected chi connectivity index (χ4v) is 3.52. The summed E-state index contributed by atoms with van der Waals surface area (Å²) in [4.78, 5) is 23.7. The van der Waals surface area contributed by atoms with Gasteiger partial charge in [0.15, 0.2) is 6.23 Å². The lowest BCUT2D eigenvalue weighted by atomic mass is 10.1. The molecule has 3 aromatic rings. The molecule has 32 heavy (non-hydrogen) atoms. The van der Waals surface area contributed by atoms with Crippen molar-refractivity contribution in [2.75, 3.05) is 13.1 Å². The third-order valence-corrected chi connectivity index (χ3v) is 5.26. The lowest BCUT2D eigenvalue weighted by Gasteiger charge is -2.31. The van der Waals surface area contributed by atoms with Crippen LogP contribution in [-0.4, -0.2) is 44.4 Å². The number of benzene rings is 1. The van der Waals surface area contributed by atoms with Crippen molar-refractivity contribution in [3.05, 3.63) is 60.2 Å². The molecule has 0 fully saturated rings. The van der Waals surface area contributed by atoms with Crippen LogP contribution in [0.3, 0.4) is 0 Å². The fourth-order valence-electron chi connectivity index (χ4n) is 3.52. The first kappa shape index (κ1) is 27.9. The molecule has 0 aliphatic heterocycles. The summed E-state index contributed by atoms with van der Waals surface area (Å²) in [6, 6.07) is 9.20. The molecule has 1 atom stereocenters. The Morgan fingerprint density at radius 2 is 1.69 bits per heavy atom. The molecule has 0 bridgehead atoms. The molecule has 3 rings (SSSR count). The lowest BCUT2D eigenvalue weighted by Crippen LogP contribution is -2.40. The molecule has 0 saturated heterocycles. The Morgan fingerprint density at radius 3 is 2.28 bits per heavy atom. The SMILES string of the molecule is CCCCN(CCCC)C(CC)Oc1ccc(C(=O)c2cnc3ncccn23)cc1.Cl.Cl. The van der Waals surface area contributed by atoms with Gasteiger partial charge in [0.05, 0.1) is 6.20 Å².